The maximum atomic E-state index is 14.3. The van der Waals surface area contributed by atoms with Crippen LogP contribution in [0.2, 0.25) is 10.0 Å². The van der Waals surface area contributed by atoms with Gasteiger partial charge in [0.05, 0.1) is 58.7 Å². The van der Waals surface area contributed by atoms with Gasteiger partial charge in [0.25, 0.3) is 0 Å². The molecule has 0 bridgehead atoms. The minimum Gasteiger partial charge on any atom is -0.481 e. The summed E-state index contributed by atoms with van der Waals surface area (Å²) in [5.74, 6) is -6.50. The Morgan fingerprint density at radius 3 is 1.53 bits per heavy atom. The zero-order valence-corrected chi connectivity index (χ0v) is 42.3. The number of carbonyl (C=O) groups is 4. The zero-order chi connectivity index (χ0) is 56.2. The van der Waals surface area contributed by atoms with E-state index in [0.29, 0.717) is 55.5 Å². The lowest BCUT2D eigenvalue weighted by molar-refractivity contribution is -0.152. The van der Waals surface area contributed by atoms with Crippen molar-refractivity contribution in [2.75, 3.05) is 23.7 Å². The third kappa shape index (κ3) is 14.7. The highest BCUT2D eigenvalue weighted by molar-refractivity contribution is 6.34. The Morgan fingerprint density at radius 2 is 1.13 bits per heavy atom. The van der Waals surface area contributed by atoms with E-state index in [-0.39, 0.29) is 78.8 Å². The number of esters is 3. The summed E-state index contributed by atoms with van der Waals surface area (Å²) < 4.78 is 77.6. The van der Waals surface area contributed by atoms with Crippen LogP contribution in [0.25, 0.3) is 44.6 Å². The standard InChI is InChI=1S/C25H22ClF2N5O6.C21H18ClF2N5O3.C4H4O3/c1-13(34)11-29-23-21-22(15-4-2-3-5-16(15)26)32-33(12-38-20(37)9-8-19(35)36)24(21)31-25(30-23)39-18-7-6-14(27)10-17(18)28;1-11(31)9-25-19-17-18(13-4-2-3-5-14(13)22)28-29(10-30)20(17)27-21(26-19)32-16-7-6-12(23)8-15(16)24;5-3-1-2-4(6)7-3/h2-7,10,13,34H,8-9,11-12H2,1H3,(H,35,36)(H,29,30,31);2-8,11,30-31H,9-10H2,1H3,(H,25,26,27);1-2H2/t13-;11-;/m00./s1. The van der Waals surface area contributed by atoms with Crippen LogP contribution in [-0.4, -0.2) is 109 Å². The number of fused-ring (bicyclic) bond motifs is 2. The second-order valence-corrected chi connectivity index (χ2v) is 17.4. The lowest BCUT2D eigenvalue weighted by atomic mass is 10.1. The topological polar surface area (TPSA) is 297 Å². The Morgan fingerprint density at radius 1 is 0.679 bits per heavy atom. The first-order valence-corrected chi connectivity index (χ1v) is 23.9. The van der Waals surface area contributed by atoms with Gasteiger partial charge in [-0.25, -0.2) is 26.9 Å². The summed E-state index contributed by atoms with van der Waals surface area (Å²) in [6.07, 6.45) is -1.75. The summed E-state index contributed by atoms with van der Waals surface area (Å²) in [6.45, 7) is 2.33. The van der Waals surface area contributed by atoms with Crippen molar-refractivity contribution in [3.63, 3.8) is 0 Å². The van der Waals surface area contributed by atoms with Gasteiger partial charge in [-0.3, -0.25) is 19.2 Å². The van der Waals surface area contributed by atoms with Crippen LogP contribution in [0.4, 0.5) is 29.2 Å². The second-order valence-electron chi connectivity index (χ2n) is 16.6. The number of aliphatic carboxylic acids is 1. The molecule has 0 amide bonds. The van der Waals surface area contributed by atoms with Crippen LogP contribution in [0.1, 0.15) is 39.5 Å². The molecule has 9 rings (SSSR count). The number of aliphatic hydroxyl groups excluding tert-OH is 3. The van der Waals surface area contributed by atoms with E-state index >= 15 is 0 Å². The van der Waals surface area contributed by atoms with E-state index in [1.807, 2.05) is 0 Å². The molecule has 78 heavy (non-hydrogen) atoms. The van der Waals surface area contributed by atoms with Gasteiger partial charge in [0.15, 0.2) is 41.2 Å². The Bertz CT molecular complexity index is 3500. The largest absolute Gasteiger partial charge is 0.481 e. The molecule has 1 aliphatic heterocycles. The van der Waals surface area contributed by atoms with Crippen LogP contribution < -0.4 is 20.1 Å². The van der Waals surface area contributed by atoms with Gasteiger partial charge in [-0.1, -0.05) is 59.6 Å². The molecular formula is C50H44Cl2F4N10O12. The van der Waals surface area contributed by atoms with E-state index < -0.39 is 79.2 Å². The highest BCUT2D eigenvalue weighted by Gasteiger charge is 2.26. The van der Waals surface area contributed by atoms with Crippen molar-refractivity contribution in [2.24, 2.45) is 0 Å². The molecular weight excluding hydrogens is 1080 g/mol. The van der Waals surface area contributed by atoms with E-state index in [1.165, 1.54) is 9.36 Å². The molecule has 0 saturated carbocycles. The fourth-order valence-electron chi connectivity index (χ4n) is 6.97. The highest BCUT2D eigenvalue weighted by Crippen LogP contribution is 2.39. The molecule has 0 radical (unpaired) electrons. The molecule has 408 valence electrons. The van der Waals surface area contributed by atoms with Gasteiger partial charge in [0.2, 0.25) is 0 Å². The minimum absolute atomic E-state index is 0.0494. The van der Waals surface area contributed by atoms with Crippen LogP contribution in [0.15, 0.2) is 84.9 Å². The monoisotopic (exact) mass is 1120 g/mol. The third-order valence-corrected chi connectivity index (χ3v) is 11.2. The number of hydrogen-bond acceptors (Lipinski definition) is 19. The molecule has 1 fully saturated rings. The number of aliphatic hydroxyl groups is 3. The molecule has 1 saturated heterocycles. The quantitative estimate of drug-likeness (QED) is 0.0268. The number of cyclic esters (lactones) is 2. The van der Waals surface area contributed by atoms with Gasteiger partial charge in [-0.2, -0.15) is 30.1 Å². The Balaban J connectivity index is 0.000000203. The minimum atomic E-state index is -1.16. The number of rotatable bonds is 18. The number of nitrogens with one attached hydrogen (secondary N) is 2. The number of aromatic nitrogens is 8. The molecule has 8 aromatic rings. The van der Waals surface area contributed by atoms with Crippen molar-refractivity contribution in [1.82, 2.24) is 39.5 Å². The van der Waals surface area contributed by atoms with E-state index in [9.17, 15) is 52.1 Å². The van der Waals surface area contributed by atoms with Gasteiger partial charge in [0.1, 0.15) is 41.4 Å². The average Bonchev–Trinajstić information content (AvgIpc) is 4.20. The third-order valence-electron chi connectivity index (χ3n) is 10.5. The summed E-state index contributed by atoms with van der Waals surface area (Å²) in [5, 5.41) is 54.6. The van der Waals surface area contributed by atoms with Gasteiger partial charge in [-0.05, 0) is 50.2 Å². The Kier molecular flexibility index (Phi) is 19.0. The average molecular weight is 1120 g/mol. The molecule has 5 heterocycles. The normalized spacial score (nSPS) is 12.7. The maximum Gasteiger partial charge on any atom is 0.326 e. The molecule has 6 N–H and O–H groups in total. The van der Waals surface area contributed by atoms with Crippen LogP contribution in [-0.2, 0) is 42.1 Å². The Hall–Kier alpha value is -8.56. The molecule has 2 atom stereocenters. The van der Waals surface area contributed by atoms with Crippen molar-refractivity contribution < 1.29 is 76.1 Å². The predicted octanol–water partition coefficient (Wildman–Crippen LogP) is 8.19. The van der Waals surface area contributed by atoms with Crippen LogP contribution in [0.3, 0.4) is 0 Å². The molecule has 0 spiro atoms. The van der Waals surface area contributed by atoms with Gasteiger partial charge in [-0.15, -0.1) is 0 Å². The first kappa shape index (κ1) is 57.2. The SMILES string of the molecule is C[C@H](O)CNc1nc(Oc2ccc(F)cc2F)nc2c1c(-c1ccccc1Cl)nn2CO.C[C@H](O)CNc1nc(Oc2ccc(F)cc2F)nc2c1c(-c1ccccc1Cl)nn2COC(=O)CCC(=O)O.O=C1CCC(=O)O1. The first-order chi connectivity index (χ1) is 37.3. The molecule has 22 nitrogen and oxygen atoms in total. The number of halogens is 6. The van der Waals surface area contributed by atoms with Crippen LogP contribution in [0.5, 0.6) is 23.5 Å². The number of ether oxygens (including phenoxy) is 4. The number of carboxylic acids is 1. The summed E-state index contributed by atoms with van der Waals surface area (Å²) in [7, 11) is 0. The second kappa shape index (κ2) is 26.0. The lowest BCUT2D eigenvalue weighted by Crippen LogP contribution is -2.17. The summed E-state index contributed by atoms with van der Waals surface area (Å²) in [4.78, 5) is 60.1. The molecule has 28 heteroatoms. The van der Waals surface area contributed by atoms with E-state index in [1.54, 1.807) is 62.4 Å². The number of anilines is 2. The highest BCUT2D eigenvalue weighted by atomic mass is 35.5. The smallest absolute Gasteiger partial charge is 0.326 e. The van der Waals surface area contributed by atoms with Gasteiger partial charge < -0.3 is 50.0 Å². The lowest BCUT2D eigenvalue weighted by Gasteiger charge is -2.12. The number of carboxylic acid groups (broad SMARTS) is 1. The maximum absolute atomic E-state index is 14.3. The number of hydrogen-bond donors (Lipinski definition) is 6. The van der Waals surface area contributed by atoms with Crippen LogP contribution in [0, 0.1) is 23.3 Å². The van der Waals surface area contributed by atoms with Crippen LogP contribution >= 0.6 is 23.2 Å². The van der Waals surface area contributed by atoms with Crippen molar-refractivity contribution in [3.8, 4) is 46.0 Å². The van der Waals surface area contributed by atoms with Crippen molar-refractivity contribution in [1.29, 1.82) is 0 Å². The van der Waals surface area contributed by atoms with Gasteiger partial charge >= 0.3 is 35.9 Å². The number of carbonyl (C=O) groups excluding carboxylic acids is 3. The Labute approximate surface area is 448 Å². The molecule has 4 aromatic carbocycles. The van der Waals surface area contributed by atoms with Crippen molar-refractivity contribution in [3.05, 3.63) is 118 Å². The summed E-state index contributed by atoms with van der Waals surface area (Å²) >= 11 is 12.8. The fraction of sp³-hybridized carbons (Fsp3) is 0.240. The van der Waals surface area contributed by atoms with Crippen molar-refractivity contribution >= 4 is 80.8 Å². The zero-order valence-electron chi connectivity index (χ0n) is 40.8. The van der Waals surface area contributed by atoms with Gasteiger partial charge in [0, 0.05) is 36.3 Å². The predicted molar refractivity (Wildman–Crippen MR) is 270 cm³/mol. The number of nitrogens with zero attached hydrogens (tertiary/aromatic N) is 8. The molecule has 0 unspecified atom stereocenters. The summed E-state index contributed by atoms with van der Waals surface area (Å²) in [6, 6.07) is 18.7. The molecule has 0 aliphatic carbocycles. The first-order valence-electron chi connectivity index (χ1n) is 23.2. The van der Waals surface area contributed by atoms with Crippen molar-refractivity contribution in [2.45, 2.75) is 65.2 Å². The molecule has 4 aromatic heterocycles. The summed E-state index contributed by atoms with van der Waals surface area (Å²) in [5.41, 5.74) is 2.02. The van der Waals surface area contributed by atoms with E-state index in [2.05, 4.69) is 45.5 Å². The fourth-order valence-corrected chi connectivity index (χ4v) is 7.42. The number of benzene rings is 4. The van der Waals surface area contributed by atoms with E-state index in [0.717, 1.165) is 24.3 Å². The molecule has 1 aliphatic rings. The van der Waals surface area contributed by atoms with E-state index in [4.69, 9.17) is 42.5 Å².